The average molecular weight is 261 g/mol. The van der Waals surface area contributed by atoms with E-state index < -0.39 is 15.8 Å². The van der Waals surface area contributed by atoms with Crippen LogP contribution in [-0.2, 0) is 18.7 Å². The molecular weight excluding hydrogens is 238 g/mol. The van der Waals surface area contributed by atoms with E-state index >= 15 is 0 Å². The molecule has 0 heterocycles. The van der Waals surface area contributed by atoms with Crippen molar-refractivity contribution in [1.82, 2.24) is 0 Å². The number of methoxy groups -OCH3 is 2. The van der Waals surface area contributed by atoms with Crippen LogP contribution in [0.2, 0.25) is 6.04 Å². The molecule has 1 atom stereocenters. The topological polar surface area (TPSA) is 70.8 Å². The van der Waals surface area contributed by atoms with E-state index in [2.05, 4.69) is 6.58 Å². The predicted octanol–water partition coefficient (Wildman–Crippen LogP) is -0.0134. The Morgan fingerprint density at radius 3 is 2.47 bits per heavy atom. The van der Waals surface area contributed by atoms with Crippen molar-refractivity contribution in [2.24, 2.45) is 5.73 Å². The number of carbonyl (C=O) groups is 1. The average Bonchev–Trinajstić information content (AvgIpc) is 2.32. The normalized spacial score (nSPS) is 13.5. The molecule has 0 aliphatic carbocycles. The van der Waals surface area contributed by atoms with Gasteiger partial charge in [-0.2, -0.15) is 0 Å². The molecule has 0 saturated heterocycles. The van der Waals surface area contributed by atoms with Gasteiger partial charge in [0, 0.05) is 14.2 Å². The minimum atomic E-state index is -0.671. The Morgan fingerprint density at radius 2 is 2.00 bits per heavy atom. The molecule has 0 radical (unpaired) electrons. The second-order valence-corrected chi connectivity index (χ2v) is 5.39. The molecule has 17 heavy (non-hydrogen) atoms. The summed E-state index contributed by atoms with van der Waals surface area (Å²) in [6.45, 7) is 5.70. The van der Waals surface area contributed by atoms with Crippen molar-refractivity contribution in [2.75, 3.05) is 20.8 Å². The molecular formula is C11H23NO4Si. The van der Waals surface area contributed by atoms with E-state index in [0.717, 1.165) is 6.04 Å². The van der Waals surface area contributed by atoms with Crippen LogP contribution < -0.4 is 5.73 Å². The van der Waals surface area contributed by atoms with Gasteiger partial charge in [-0.05, 0) is 25.0 Å². The van der Waals surface area contributed by atoms with Crippen LogP contribution in [0.4, 0.5) is 0 Å². The van der Waals surface area contributed by atoms with Crippen molar-refractivity contribution < 1.29 is 18.7 Å². The highest BCUT2D eigenvalue weighted by molar-refractivity contribution is 6.27. The van der Waals surface area contributed by atoms with Crippen LogP contribution in [0.25, 0.3) is 0 Å². The Balaban J connectivity index is 3.58. The zero-order valence-electron chi connectivity index (χ0n) is 10.9. The maximum Gasteiger partial charge on any atom is 0.178 e. The Hall–Kier alpha value is -0.533. The molecule has 100 valence electrons. The summed E-state index contributed by atoms with van der Waals surface area (Å²) >= 11 is 0. The number of ketones is 1. The third-order valence-electron chi connectivity index (χ3n) is 2.34. The highest BCUT2D eigenvalue weighted by Gasteiger charge is 2.13. The molecule has 0 aliphatic heterocycles. The van der Waals surface area contributed by atoms with E-state index in [1.807, 2.05) is 0 Å². The molecule has 0 saturated carbocycles. The first kappa shape index (κ1) is 16.5. The number of hydrogen-bond acceptors (Lipinski definition) is 5. The molecule has 1 unspecified atom stereocenters. The van der Waals surface area contributed by atoms with Crippen LogP contribution in [0.15, 0.2) is 12.2 Å². The van der Waals surface area contributed by atoms with E-state index in [1.165, 1.54) is 0 Å². The molecule has 0 amide bonds. The summed E-state index contributed by atoms with van der Waals surface area (Å²) in [7, 11) is 2.47. The Labute approximate surface area is 105 Å². The summed E-state index contributed by atoms with van der Waals surface area (Å²) in [5.74, 6) is -0.0642. The third-order valence-corrected chi connectivity index (χ3v) is 3.56. The van der Waals surface area contributed by atoms with Gasteiger partial charge in [0.2, 0.25) is 0 Å². The highest BCUT2D eigenvalue weighted by Crippen LogP contribution is 2.02. The maximum atomic E-state index is 11.4. The van der Waals surface area contributed by atoms with Gasteiger partial charge in [-0.3, -0.25) is 4.79 Å². The quantitative estimate of drug-likeness (QED) is 0.259. The molecule has 5 nitrogen and oxygen atoms in total. The standard InChI is InChI=1S/C11H23NO4Si/c1-8(2)11(13)9(12)5-6-17-16-7-10(14-3)15-4/h9-10H,1,5-7,12,17H2,2-4H3. The molecule has 0 aromatic carbocycles. The number of rotatable bonds is 10. The summed E-state index contributed by atoms with van der Waals surface area (Å²) in [4.78, 5) is 11.4. The van der Waals surface area contributed by atoms with Crippen LogP contribution >= 0.6 is 0 Å². The molecule has 0 bridgehead atoms. The maximum absolute atomic E-state index is 11.4. The van der Waals surface area contributed by atoms with Gasteiger partial charge < -0.3 is 19.6 Å². The van der Waals surface area contributed by atoms with Crippen molar-refractivity contribution in [3.63, 3.8) is 0 Å². The monoisotopic (exact) mass is 261 g/mol. The number of Topliss-reactive ketones (excluding diaryl/α,β-unsaturated/α-hetero) is 1. The highest BCUT2D eigenvalue weighted by atomic mass is 28.2. The molecule has 0 aromatic heterocycles. The summed E-state index contributed by atoms with van der Waals surface area (Å²) in [5.41, 5.74) is 6.23. The Bertz CT molecular complexity index is 244. The molecule has 6 heteroatoms. The van der Waals surface area contributed by atoms with Crippen molar-refractivity contribution in [1.29, 1.82) is 0 Å². The summed E-state index contributed by atoms with van der Waals surface area (Å²) in [6.07, 6.45) is 0.343. The lowest BCUT2D eigenvalue weighted by Gasteiger charge is -2.14. The van der Waals surface area contributed by atoms with Gasteiger partial charge in [-0.1, -0.05) is 6.58 Å². The SMILES string of the molecule is C=C(C)C(=O)C(N)CC[SiH2]OCC(OC)OC. The van der Waals surface area contributed by atoms with Crippen LogP contribution in [0.5, 0.6) is 0 Å². The van der Waals surface area contributed by atoms with Crippen molar-refractivity contribution in [3.8, 4) is 0 Å². The van der Waals surface area contributed by atoms with Gasteiger partial charge in [0.1, 0.15) is 0 Å². The number of hydrogen-bond donors (Lipinski definition) is 1. The lowest BCUT2D eigenvalue weighted by Crippen LogP contribution is -2.31. The fourth-order valence-corrected chi connectivity index (χ4v) is 2.43. The smallest absolute Gasteiger partial charge is 0.178 e. The molecule has 0 aliphatic rings. The van der Waals surface area contributed by atoms with Gasteiger partial charge in [0.25, 0.3) is 0 Å². The zero-order valence-corrected chi connectivity index (χ0v) is 12.3. The lowest BCUT2D eigenvalue weighted by atomic mass is 10.1. The minimum Gasteiger partial charge on any atom is -0.419 e. The second-order valence-electron chi connectivity index (χ2n) is 3.87. The zero-order chi connectivity index (χ0) is 13.3. The van der Waals surface area contributed by atoms with E-state index in [-0.39, 0.29) is 12.1 Å². The van der Waals surface area contributed by atoms with E-state index in [9.17, 15) is 4.79 Å². The third kappa shape index (κ3) is 7.40. The van der Waals surface area contributed by atoms with Crippen LogP contribution in [0.1, 0.15) is 13.3 Å². The molecule has 0 rings (SSSR count). The first-order chi connectivity index (χ1) is 8.02. The first-order valence-corrected chi connectivity index (χ1v) is 7.19. The number of nitrogens with two attached hydrogens (primary N) is 1. The number of carbonyl (C=O) groups excluding carboxylic acids is 1. The van der Waals surface area contributed by atoms with Crippen molar-refractivity contribution >= 4 is 15.5 Å². The lowest BCUT2D eigenvalue weighted by molar-refractivity contribution is -0.122. The first-order valence-electron chi connectivity index (χ1n) is 5.61. The fraction of sp³-hybridized carbons (Fsp3) is 0.727. The summed E-state index contributed by atoms with van der Waals surface area (Å²) in [6, 6.07) is 0.421. The summed E-state index contributed by atoms with van der Waals surface area (Å²) < 4.78 is 15.4. The molecule has 0 aromatic rings. The van der Waals surface area contributed by atoms with E-state index in [0.29, 0.717) is 18.6 Å². The van der Waals surface area contributed by atoms with Crippen LogP contribution in [-0.4, -0.2) is 48.7 Å². The minimum absolute atomic E-state index is 0.0642. The van der Waals surface area contributed by atoms with Gasteiger partial charge in [-0.25, -0.2) is 0 Å². The Kier molecular flexibility index (Phi) is 9.19. The molecule has 0 fully saturated rings. The van der Waals surface area contributed by atoms with E-state index in [1.54, 1.807) is 21.1 Å². The predicted molar refractivity (Wildman–Crippen MR) is 69.5 cm³/mol. The molecule has 2 N–H and O–H groups in total. The fourth-order valence-electron chi connectivity index (χ4n) is 1.26. The number of ether oxygens (including phenoxy) is 2. The summed E-state index contributed by atoms with van der Waals surface area (Å²) in [5, 5.41) is 0. The molecule has 0 spiro atoms. The van der Waals surface area contributed by atoms with E-state index in [4.69, 9.17) is 19.6 Å². The largest absolute Gasteiger partial charge is 0.419 e. The van der Waals surface area contributed by atoms with Crippen molar-refractivity contribution in [3.05, 3.63) is 12.2 Å². The second kappa shape index (κ2) is 9.49. The van der Waals surface area contributed by atoms with Gasteiger partial charge in [0.15, 0.2) is 21.8 Å². The van der Waals surface area contributed by atoms with Crippen LogP contribution in [0.3, 0.4) is 0 Å². The van der Waals surface area contributed by atoms with Crippen molar-refractivity contribution in [2.45, 2.75) is 31.7 Å². The van der Waals surface area contributed by atoms with Gasteiger partial charge in [-0.15, -0.1) is 0 Å². The Morgan fingerprint density at radius 1 is 1.41 bits per heavy atom. The van der Waals surface area contributed by atoms with Crippen LogP contribution in [0, 0.1) is 0 Å². The van der Waals surface area contributed by atoms with Gasteiger partial charge in [0.05, 0.1) is 12.6 Å². The van der Waals surface area contributed by atoms with Gasteiger partial charge >= 0.3 is 0 Å².